The van der Waals surface area contributed by atoms with E-state index in [-0.39, 0.29) is 24.8 Å². The molecule has 38 heavy (non-hydrogen) atoms. The van der Waals surface area contributed by atoms with E-state index >= 15 is 0 Å². The Kier molecular flexibility index (Phi) is 11.1. The number of nitrogen functional groups attached to an aromatic ring is 2. The topological polar surface area (TPSA) is 58.5 Å². The molecular formula is C30H50Cl2N6. The predicted octanol–water partition coefficient (Wildman–Crippen LogP) is -1.39. The van der Waals surface area contributed by atoms with E-state index in [1.54, 1.807) is 0 Å². The van der Waals surface area contributed by atoms with Crippen LogP contribution in [0.1, 0.15) is 43.2 Å². The summed E-state index contributed by atoms with van der Waals surface area (Å²) in [5.74, 6) is 0. The third kappa shape index (κ3) is 7.41. The van der Waals surface area contributed by atoms with Crippen LogP contribution in [0.3, 0.4) is 0 Å². The highest BCUT2D eigenvalue weighted by atomic mass is 35.5. The van der Waals surface area contributed by atoms with Gasteiger partial charge in [-0.05, 0) is 80.6 Å². The second kappa shape index (κ2) is 13.0. The fourth-order valence-electron chi connectivity index (χ4n) is 6.54. The fraction of sp³-hybridized carbons (Fsp3) is 0.600. The maximum Gasteiger partial charge on any atom is 0.164 e. The van der Waals surface area contributed by atoms with Gasteiger partial charge in [-0.15, -0.1) is 0 Å². The van der Waals surface area contributed by atoms with Crippen molar-refractivity contribution in [2.24, 2.45) is 0 Å². The molecule has 6 nitrogen and oxygen atoms in total. The normalized spacial score (nSPS) is 19.8. The Morgan fingerprint density at radius 3 is 1.87 bits per heavy atom. The summed E-state index contributed by atoms with van der Waals surface area (Å²) < 4.78 is 2.12. The van der Waals surface area contributed by atoms with Gasteiger partial charge in [0.15, 0.2) is 6.17 Å². The zero-order valence-electron chi connectivity index (χ0n) is 24.4. The van der Waals surface area contributed by atoms with Crippen molar-refractivity contribution in [2.75, 3.05) is 82.2 Å². The Bertz CT molecular complexity index is 1060. The van der Waals surface area contributed by atoms with Crippen LogP contribution in [0.4, 0.5) is 22.7 Å². The lowest BCUT2D eigenvalue weighted by atomic mass is 10.1. The number of hydrogen-bond acceptors (Lipinski definition) is 4. The Balaban J connectivity index is 0.00000253. The Labute approximate surface area is 243 Å². The smallest absolute Gasteiger partial charge is 0.164 e. The molecule has 2 atom stereocenters. The van der Waals surface area contributed by atoms with E-state index in [9.17, 15) is 0 Å². The van der Waals surface area contributed by atoms with Gasteiger partial charge in [-0.25, -0.2) is 0 Å². The summed E-state index contributed by atoms with van der Waals surface area (Å²) in [6.45, 7) is 10.1. The van der Waals surface area contributed by atoms with Crippen LogP contribution in [0.15, 0.2) is 36.4 Å². The predicted molar refractivity (Wildman–Crippen MR) is 155 cm³/mol. The number of quaternary nitrogens is 2. The fourth-order valence-corrected chi connectivity index (χ4v) is 6.54. The Morgan fingerprint density at radius 2 is 1.29 bits per heavy atom. The van der Waals surface area contributed by atoms with Gasteiger partial charge in [0.2, 0.25) is 0 Å². The number of rotatable bonds is 9. The molecule has 2 saturated heterocycles. The summed E-state index contributed by atoms with van der Waals surface area (Å²) in [6, 6.07) is 13.7. The molecule has 0 bridgehead atoms. The van der Waals surface area contributed by atoms with Crippen molar-refractivity contribution in [3.05, 3.63) is 47.5 Å². The van der Waals surface area contributed by atoms with E-state index in [2.05, 4.69) is 88.2 Å². The highest BCUT2D eigenvalue weighted by Gasteiger charge is 2.38. The first-order chi connectivity index (χ1) is 17.0. The maximum absolute atomic E-state index is 6.09. The lowest BCUT2D eigenvalue weighted by Crippen LogP contribution is -3.00. The van der Waals surface area contributed by atoms with Gasteiger partial charge in [0, 0.05) is 48.7 Å². The molecule has 2 heterocycles. The van der Waals surface area contributed by atoms with Crippen molar-refractivity contribution < 1.29 is 33.8 Å². The Morgan fingerprint density at radius 1 is 0.763 bits per heavy atom. The molecule has 0 radical (unpaired) electrons. The van der Waals surface area contributed by atoms with E-state index in [1.165, 1.54) is 74.2 Å². The van der Waals surface area contributed by atoms with Crippen LogP contribution < -0.4 is 46.1 Å². The van der Waals surface area contributed by atoms with E-state index in [0.717, 1.165) is 33.4 Å². The van der Waals surface area contributed by atoms with Gasteiger partial charge in [-0.2, -0.15) is 0 Å². The van der Waals surface area contributed by atoms with Crippen molar-refractivity contribution in [3.63, 3.8) is 0 Å². The zero-order valence-corrected chi connectivity index (χ0v) is 25.9. The summed E-state index contributed by atoms with van der Waals surface area (Å²) in [4.78, 5) is 5.24. The van der Waals surface area contributed by atoms with Crippen LogP contribution in [0.5, 0.6) is 0 Å². The van der Waals surface area contributed by atoms with Crippen LogP contribution in [-0.2, 0) is 0 Å². The largest absolute Gasteiger partial charge is 1.00 e. The second-order valence-corrected chi connectivity index (χ2v) is 12.6. The van der Waals surface area contributed by atoms with Crippen molar-refractivity contribution in [2.45, 2.75) is 58.2 Å². The minimum atomic E-state index is 0. The SMILES string of the molecule is Cc1cc(N2CCCC2C[N+](C)(C)CCC[N+](C)(C)C2CCCN2c2ccc(N)c(C)c2)ccc1N.[Cl-].[Cl-]. The lowest BCUT2D eigenvalue weighted by Gasteiger charge is -2.42. The molecule has 214 valence electrons. The lowest BCUT2D eigenvalue weighted by molar-refractivity contribution is -0.924. The van der Waals surface area contributed by atoms with Crippen LogP contribution in [0, 0.1) is 13.8 Å². The zero-order chi connectivity index (χ0) is 26.1. The quantitative estimate of drug-likeness (QED) is 0.291. The number of nitrogens with two attached hydrogens (primary N) is 2. The first-order valence-corrected chi connectivity index (χ1v) is 13.9. The molecule has 4 rings (SSSR count). The van der Waals surface area contributed by atoms with Gasteiger partial charge >= 0.3 is 0 Å². The molecule has 2 fully saturated rings. The van der Waals surface area contributed by atoms with E-state index < -0.39 is 0 Å². The van der Waals surface area contributed by atoms with Crippen molar-refractivity contribution in [3.8, 4) is 0 Å². The molecule has 8 heteroatoms. The highest BCUT2D eigenvalue weighted by molar-refractivity contribution is 5.59. The average Bonchev–Trinajstić information content (AvgIpc) is 3.47. The van der Waals surface area contributed by atoms with Crippen LogP contribution in [0.2, 0.25) is 0 Å². The number of nitrogens with zero attached hydrogens (tertiary/aromatic N) is 4. The minimum Gasteiger partial charge on any atom is -1.00 e. The Hall–Kier alpha value is -1.86. The second-order valence-electron chi connectivity index (χ2n) is 12.6. The van der Waals surface area contributed by atoms with Gasteiger partial charge in [0.1, 0.15) is 0 Å². The first-order valence-electron chi connectivity index (χ1n) is 13.9. The van der Waals surface area contributed by atoms with Gasteiger partial charge in [0.25, 0.3) is 0 Å². The molecule has 0 aliphatic carbocycles. The van der Waals surface area contributed by atoms with Crippen molar-refractivity contribution >= 4 is 22.7 Å². The van der Waals surface area contributed by atoms with Crippen molar-refractivity contribution in [1.82, 2.24) is 0 Å². The summed E-state index contributed by atoms with van der Waals surface area (Å²) in [5, 5.41) is 0. The molecule has 0 spiro atoms. The summed E-state index contributed by atoms with van der Waals surface area (Å²) in [5.41, 5.74) is 19.0. The maximum atomic E-state index is 6.09. The summed E-state index contributed by atoms with van der Waals surface area (Å²) in [7, 11) is 9.69. The molecular weight excluding hydrogens is 515 g/mol. The average molecular weight is 566 g/mol. The number of halogens is 2. The van der Waals surface area contributed by atoms with Gasteiger partial charge in [-0.3, -0.25) is 0 Å². The van der Waals surface area contributed by atoms with E-state index in [1.807, 2.05) is 0 Å². The summed E-state index contributed by atoms with van der Waals surface area (Å²) >= 11 is 0. The number of anilines is 4. The minimum absolute atomic E-state index is 0. The number of benzene rings is 2. The number of hydrogen-bond donors (Lipinski definition) is 2. The molecule has 0 aromatic heterocycles. The van der Waals surface area contributed by atoms with Gasteiger partial charge < -0.3 is 55.0 Å². The van der Waals surface area contributed by atoms with Gasteiger partial charge in [0.05, 0.1) is 53.9 Å². The molecule has 2 aliphatic heterocycles. The van der Waals surface area contributed by atoms with Crippen molar-refractivity contribution in [1.29, 1.82) is 0 Å². The van der Waals surface area contributed by atoms with Crippen LogP contribution in [0.25, 0.3) is 0 Å². The number of likely N-dealkylation sites (N-methyl/N-ethyl adjacent to an activating group) is 1. The molecule has 2 unspecified atom stereocenters. The monoisotopic (exact) mass is 564 g/mol. The molecule has 0 saturated carbocycles. The van der Waals surface area contributed by atoms with Gasteiger partial charge in [-0.1, -0.05) is 0 Å². The highest BCUT2D eigenvalue weighted by Crippen LogP contribution is 2.32. The standard InChI is InChI=1S/C30H50N6.2ClH/c1-23-20-25(12-14-28(23)31)33-16-7-10-27(33)22-35(3,4)18-9-19-36(5,6)30-11-8-17-34(30)26-13-15-29(32)24(2)21-26;;/h12-15,20-21,27,30H,7-11,16-19,22,31-32H2,1-6H3;2*1H/q+2;;/p-2. The summed E-state index contributed by atoms with van der Waals surface area (Å²) in [6.07, 6.45) is 6.85. The first kappa shape index (κ1) is 32.4. The third-order valence-corrected chi connectivity index (χ3v) is 8.78. The molecule has 2 aromatic carbocycles. The van der Waals surface area contributed by atoms with Crippen LogP contribution in [-0.4, -0.2) is 82.1 Å². The van der Waals surface area contributed by atoms with E-state index in [4.69, 9.17) is 11.5 Å². The number of aryl methyl sites for hydroxylation is 2. The molecule has 0 amide bonds. The molecule has 2 aliphatic rings. The molecule has 4 N–H and O–H groups in total. The third-order valence-electron chi connectivity index (χ3n) is 8.78. The molecule has 2 aromatic rings. The van der Waals surface area contributed by atoms with E-state index in [0.29, 0.717) is 12.2 Å². The van der Waals surface area contributed by atoms with Crippen LogP contribution >= 0.6 is 0 Å².